The number of hydrogen-bond donors (Lipinski definition) is 1. The molecule has 0 heterocycles. The van der Waals surface area contributed by atoms with Gasteiger partial charge in [0.1, 0.15) is 12.4 Å². The first kappa shape index (κ1) is 12.1. The summed E-state index contributed by atoms with van der Waals surface area (Å²) in [6.45, 7) is 1.64. The molecule has 1 N–H and O–H groups in total. The Morgan fingerprint density at radius 3 is 2.87 bits per heavy atom. The molecule has 82 valence electrons. The van der Waals surface area contributed by atoms with Crippen LogP contribution in [0.15, 0.2) is 24.3 Å². The summed E-state index contributed by atoms with van der Waals surface area (Å²) in [6, 6.07) is 7.28. The van der Waals surface area contributed by atoms with Crippen molar-refractivity contribution in [1.29, 1.82) is 0 Å². The summed E-state index contributed by atoms with van der Waals surface area (Å²) >= 11 is 0. The molecule has 5 heteroatoms. The third kappa shape index (κ3) is 3.96. The maximum atomic E-state index is 11.1. The molecule has 0 fully saturated rings. The number of aliphatic hydroxyl groups excluding tert-OH is 1. The molecule has 0 aliphatic carbocycles. The van der Waals surface area contributed by atoms with Crippen molar-refractivity contribution in [3.8, 4) is 5.75 Å². The Hall–Kier alpha value is -0.960. The van der Waals surface area contributed by atoms with Gasteiger partial charge in [0.2, 0.25) is 0 Å². The Kier molecular flexibility index (Phi) is 4.69. The van der Waals surface area contributed by atoms with Gasteiger partial charge in [0.15, 0.2) is 0 Å². The van der Waals surface area contributed by atoms with Crippen LogP contribution >= 0.6 is 8.03 Å². The quantitative estimate of drug-likeness (QED) is 0.787. The molecular weight excluding hydrogens is 215 g/mol. The van der Waals surface area contributed by atoms with Crippen LogP contribution in [0, 0.1) is 0 Å². The Morgan fingerprint density at radius 1 is 1.53 bits per heavy atom. The van der Waals surface area contributed by atoms with E-state index in [1.165, 1.54) is 6.92 Å². The van der Waals surface area contributed by atoms with Gasteiger partial charge in [-0.3, -0.25) is 0 Å². The molecule has 1 aromatic carbocycles. The number of ether oxygens (including phenoxy) is 1. The van der Waals surface area contributed by atoms with E-state index in [4.69, 9.17) is 14.4 Å². The molecule has 1 aromatic rings. The normalized spacial score (nSPS) is 13.4. The number of hydrogen-bond acceptors (Lipinski definition) is 4. The summed E-state index contributed by atoms with van der Waals surface area (Å²) in [6.07, 6.45) is 0. The fourth-order valence-electron chi connectivity index (χ4n) is 1.01. The van der Waals surface area contributed by atoms with Crippen LogP contribution in [-0.4, -0.2) is 18.1 Å². The zero-order valence-corrected chi connectivity index (χ0v) is 9.61. The third-order valence-electron chi connectivity index (χ3n) is 1.80. The van der Waals surface area contributed by atoms with E-state index in [9.17, 15) is 4.57 Å². The maximum absolute atomic E-state index is 11.1. The van der Waals surface area contributed by atoms with Crippen LogP contribution in [0.2, 0.25) is 0 Å². The van der Waals surface area contributed by atoms with Crippen molar-refractivity contribution in [2.75, 3.05) is 7.11 Å². The molecule has 0 spiro atoms. The summed E-state index contributed by atoms with van der Waals surface area (Å²) in [5.74, 6) is -0.214. The van der Waals surface area contributed by atoms with Crippen molar-refractivity contribution < 1.29 is 18.9 Å². The molecule has 0 saturated heterocycles. The molecule has 0 bridgehead atoms. The lowest BCUT2D eigenvalue weighted by Crippen LogP contribution is -1.95. The Labute approximate surface area is 89.7 Å². The number of methoxy groups -OCH3 is 1. The highest BCUT2D eigenvalue weighted by Gasteiger charge is 2.25. The van der Waals surface area contributed by atoms with E-state index >= 15 is 0 Å². The average Bonchev–Trinajstić information content (AvgIpc) is 2.26. The number of benzene rings is 1. The molecular formula is C10H14O4P+. The SMILES string of the molecule is COc1cccc(CO[P+](=O)C(C)O)c1. The summed E-state index contributed by atoms with van der Waals surface area (Å²) < 4.78 is 21.1. The van der Waals surface area contributed by atoms with E-state index in [0.717, 1.165) is 11.3 Å². The first-order valence-electron chi connectivity index (χ1n) is 4.53. The molecule has 0 amide bonds. The largest absolute Gasteiger partial charge is 0.540 e. The zero-order valence-electron chi connectivity index (χ0n) is 8.71. The topological polar surface area (TPSA) is 55.8 Å². The second kappa shape index (κ2) is 5.81. The molecule has 1 rings (SSSR count). The second-order valence-electron chi connectivity index (χ2n) is 3.04. The van der Waals surface area contributed by atoms with Crippen LogP contribution in [0.4, 0.5) is 0 Å². The minimum atomic E-state index is -2.01. The highest BCUT2D eigenvalue weighted by molar-refractivity contribution is 7.39. The predicted octanol–water partition coefficient (Wildman–Crippen LogP) is 2.29. The number of rotatable bonds is 5. The van der Waals surface area contributed by atoms with Gasteiger partial charge >= 0.3 is 8.03 Å². The minimum Gasteiger partial charge on any atom is -0.497 e. The Balaban J connectivity index is 2.54. The molecule has 2 atom stereocenters. The fraction of sp³-hybridized carbons (Fsp3) is 0.400. The molecule has 0 aliphatic rings. The first-order chi connectivity index (χ1) is 7.13. The molecule has 15 heavy (non-hydrogen) atoms. The van der Waals surface area contributed by atoms with E-state index in [2.05, 4.69) is 0 Å². The fourth-order valence-corrected chi connectivity index (χ4v) is 1.50. The van der Waals surface area contributed by atoms with Gasteiger partial charge in [0.25, 0.3) is 5.85 Å². The lowest BCUT2D eigenvalue weighted by atomic mass is 10.2. The molecule has 0 aromatic heterocycles. The lowest BCUT2D eigenvalue weighted by Gasteiger charge is -2.01. The van der Waals surface area contributed by atoms with E-state index in [1.807, 2.05) is 18.2 Å². The van der Waals surface area contributed by atoms with Gasteiger partial charge in [-0.25, -0.2) is 0 Å². The minimum absolute atomic E-state index is 0.206. The number of aliphatic hydroxyl groups is 1. The summed E-state index contributed by atoms with van der Waals surface area (Å²) in [7, 11) is -0.433. The average molecular weight is 229 g/mol. The first-order valence-corrected chi connectivity index (χ1v) is 5.78. The van der Waals surface area contributed by atoms with Crippen molar-refractivity contribution in [3.63, 3.8) is 0 Å². The maximum Gasteiger partial charge on any atom is 0.540 e. The van der Waals surface area contributed by atoms with Crippen molar-refractivity contribution in [2.24, 2.45) is 0 Å². The van der Waals surface area contributed by atoms with E-state index in [-0.39, 0.29) is 6.61 Å². The smallest absolute Gasteiger partial charge is 0.497 e. The van der Waals surface area contributed by atoms with Crippen molar-refractivity contribution in [2.45, 2.75) is 19.4 Å². The molecule has 0 saturated carbocycles. The van der Waals surface area contributed by atoms with E-state index in [1.54, 1.807) is 13.2 Å². The van der Waals surface area contributed by atoms with Gasteiger partial charge in [0.05, 0.1) is 7.11 Å². The van der Waals surface area contributed by atoms with Crippen molar-refractivity contribution in [1.82, 2.24) is 0 Å². The van der Waals surface area contributed by atoms with E-state index in [0.29, 0.717) is 0 Å². The highest BCUT2D eigenvalue weighted by Crippen LogP contribution is 2.29. The Morgan fingerprint density at radius 2 is 2.27 bits per heavy atom. The van der Waals surface area contributed by atoms with Crippen LogP contribution < -0.4 is 4.74 Å². The molecule has 0 aliphatic heterocycles. The van der Waals surface area contributed by atoms with E-state index < -0.39 is 13.9 Å². The lowest BCUT2D eigenvalue weighted by molar-refractivity contribution is 0.228. The standard InChI is InChI=1S/C10H14O4P/c1-8(11)15(12)14-7-9-4-3-5-10(6-9)13-2/h3-6,8,11H,7H2,1-2H3/q+1. The third-order valence-corrected chi connectivity index (χ3v) is 2.79. The van der Waals surface area contributed by atoms with Crippen molar-refractivity contribution >= 4 is 8.03 Å². The van der Waals surface area contributed by atoms with Gasteiger partial charge in [-0.1, -0.05) is 12.1 Å². The van der Waals surface area contributed by atoms with Crippen LogP contribution in [0.1, 0.15) is 12.5 Å². The molecule has 4 nitrogen and oxygen atoms in total. The predicted molar refractivity (Wildman–Crippen MR) is 57.1 cm³/mol. The van der Waals surface area contributed by atoms with Crippen LogP contribution in [0.3, 0.4) is 0 Å². The second-order valence-corrected chi connectivity index (χ2v) is 4.62. The van der Waals surface area contributed by atoms with Gasteiger partial charge in [-0.15, -0.1) is 4.52 Å². The summed E-state index contributed by atoms with van der Waals surface area (Å²) in [5.41, 5.74) is 0.860. The molecule has 0 radical (unpaired) electrons. The highest BCUT2D eigenvalue weighted by atomic mass is 31.1. The van der Waals surface area contributed by atoms with Crippen LogP contribution in [-0.2, 0) is 15.7 Å². The van der Waals surface area contributed by atoms with Gasteiger partial charge in [0, 0.05) is 6.92 Å². The molecule has 2 unspecified atom stereocenters. The van der Waals surface area contributed by atoms with Crippen LogP contribution in [0.5, 0.6) is 5.75 Å². The monoisotopic (exact) mass is 229 g/mol. The van der Waals surface area contributed by atoms with Gasteiger partial charge in [-0.05, 0) is 22.3 Å². The summed E-state index contributed by atoms with van der Waals surface area (Å²) in [5, 5.41) is 8.97. The van der Waals surface area contributed by atoms with Crippen LogP contribution in [0.25, 0.3) is 0 Å². The summed E-state index contributed by atoms with van der Waals surface area (Å²) in [4.78, 5) is 0. The van der Waals surface area contributed by atoms with Gasteiger partial charge in [-0.2, -0.15) is 0 Å². The van der Waals surface area contributed by atoms with Gasteiger partial charge < -0.3 is 9.84 Å². The van der Waals surface area contributed by atoms with Crippen molar-refractivity contribution in [3.05, 3.63) is 29.8 Å². The Bertz CT molecular complexity index is 338. The zero-order chi connectivity index (χ0) is 11.3.